The van der Waals surface area contributed by atoms with Crippen LogP contribution < -0.4 is 9.64 Å². The third-order valence-electron chi connectivity index (χ3n) is 7.13. The summed E-state index contributed by atoms with van der Waals surface area (Å²) >= 11 is 0. The van der Waals surface area contributed by atoms with Crippen molar-refractivity contribution >= 4 is 15.5 Å². The molecule has 2 aromatic rings. The molecule has 0 saturated heterocycles. The summed E-state index contributed by atoms with van der Waals surface area (Å²) < 4.78 is 32.9. The fourth-order valence-electron chi connectivity index (χ4n) is 5.20. The molecule has 0 saturated carbocycles. The Morgan fingerprint density at radius 3 is 2.15 bits per heavy atom. The van der Waals surface area contributed by atoms with E-state index in [1.54, 1.807) is 13.2 Å². The first-order valence-electron chi connectivity index (χ1n) is 12.0. The largest absolute Gasteiger partial charge is 0.497 e. The maximum atomic E-state index is 13.8. The predicted molar refractivity (Wildman–Crippen MR) is 135 cm³/mol. The lowest BCUT2D eigenvalue weighted by molar-refractivity contribution is 0.0127. The monoisotopic (exact) mass is 473 g/mol. The third kappa shape index (κ3) is 5.22. The van der Waals surface area contributed by atoms with Gasteiger partial charge in [0.2, 0.25) is 0 Å². The summed E-state index contributed by atoms with van der Waals surface area (Å²) in [5.74, 6) is 0.291. The van der Waals surface area contributed by atoms with E-state index in [1.165, 1.54) is 0 Å². The predicted octanol–water partition coefficient (Wildman–Crippen LogP) is 5.41. The number of anilines is 1. The fraction of sp³-hybridized carbons (Fsp3) is 0.556. The van der Waals surface area contributed by atoms with Gasteiger partial charge >= 0.3 is 0 Å². The van der Waals surface area contributed by atoms with Gasteiger partial charge < -0.3 is 14.7 Å². The molecule has 0 aliphatic carbocycles. The van der Waals surface area contributed by atoms with Gasteiger partial charge in [-0.15, -0.1) is 0 Å². The fourth-order valence-corrected chi connectivity index (χ4v) is 7.39. The number of benzene rings is 2. The van der Waals surface area contributed by atoms with Crippen molar-refractivity contribution in [2.24, 2.45) is 5.41 Å². The number of sulfone groups is 1. The van der Waals surface area contributed by atoms with Crippen LogP contribution in [0.5, 0.6) is 5.75 Å². The molecule has 0 spiro atoms. The summed E-state index contributed by atoms with van der Waals surface area (Å²) in [5, 5.41) is 12.1. The standard InChI is InChI=1S/C27H39NO4S/c1-6-8-16-27(17-9-7-2)19-33(30,31)24-15-12-21(28(3)4)18-23(24)25(26(27)29)20-10-13-22(32-5)14-11-20/h10-15,18,25-26,29H,6-9,16-17,19H2,1-5H3/t25-,26?/m0/s1. The highest BCUT2D eigenvalue weighted by atomic mass is 32.2. The summed E-state index contributed by atoms with van der Waals surface area (Å²) in [6, 6.07) is 13.2. The van der Waals surface area contributed by atoms with E-state index in [2.05, 4.69) is 13.8 Å². The van der Waals surface area contributed by atoms with Crippen molar-refractivity contribution in [2.75, 3.05) is 31.9 Å². The molecule has 3 rings (SSSR count). The van der Waals surface area contributed by atoms with E-state index >= 15 is 0 Å². The van der Waals surface area contributed by atoms with E-state index in [-0.39, 0.29) is 5.75 Å². The molecule has 182 valence electrons. The molecule has 33 heavy (non-hydrogen) atoms. The average molecular weight is 474 g/mol. The van der Waals surface area contributed by atoms with Crippen molar-refractivity contribution in [1.82, 2.24) is 0 Å². The minimum absolute atomic E-state index is 0.0118. The molecule has 1 aliphatic heterocycles. The minimum atomic E-state index is -3.58. The number of fused-ring (bicyclic) bond motifs is 1. The van der Waals surface area contributed by atoms with Crippen molar-refractivity contribution in [3.05, 3.63) is 53.6 Å². The van der Waals surface area contributed by atoms with Gasteiger partial charge in [0, 0.05) is 31.1 Å². The Morgan fingerprint density at radius 1 is 1.03 bits per heavy atom. The van der Waals surface area contributed by atoms with E-state index in [9.17, 15) is 13.5 Å². The highest BCUT2D eigenvalue weighted by Gasteiger charge is 2.49. The number of methoxy groups -OCH3 is 1. The summed E-state index contributed by atoms with van der Waals surface area (Å²) in [6.45, 7) is 4.23. The first-order valence-corrected chi connectivity index (χ1v) is 13.7. The molecule has 0 bridgehead atoms. The first-order chi connectivity index (χ1) is 15.7. The molecule has 2 aromatic carbocycles. The molecule has 1 aliphatic rings. The molecule has 5 nitrogen and oxygen atoms in total. The molecule has 1 N–H and O–H groups in total. The van der Waals surface area contributed by atoms with E-state index in [0.29, 0.717) is 23.3 Å². The van der Waals surface area contributed by atoms with Gasteiger partial charge in [0.05, 0.1) is 23.9 Å². The Balaban J connectivity index is 2.29. The van der Waals surface area contributed by atoms with Crippen LogP contribution in [0.1, 0.15) is 69.4 Å². The second-order valence-electron chi connectivity index (χ2n) is 9.64. The number of rotatable bonds is 9. The van der Waals surface area contributed by atoms with Crippen LogP contribution in [0.2, 0.25) is 0 Å². The molecular weight excluding hydrogens is 434 g/mol. The molecule has 0 fully saturated rings. The maximum Gasteiger partial charge on any atom is 0.179 e. The van der Waals surface area contributed by atoms with Crippen molar-refractivity contribution in [2.45, 2.75) is 69.3 Å². The molecule has 1 unspecified atom stereocenters. The highest BCUT2D eigenvalue weighted by molar-refractivity contribution is 7.91. The van der Waals surface area contributed by atoms with Crippen LogP contribution >= 0.6 is 0 Å². The Labute approximate surface area is 199 Å². The lowest BCUT2D eigenvalue weighted by Gasteiger charge is -2.40. The minimum Gasteiger partial charge on any atom is -0.497 e. The summed E-state index contributed by atoms with van der Waals surface area (Å²) in [4.78, 5) is 2.32. The quantitative estimate of drug-likeness (QED) is 0.528. The van der Waals surface area contributed by atoms with E-state index in [1.807, 2.05) is 55.4 Å². The Kier molecular flexibility index (Phi) is 8.12. The van der Waals surface area contributed by atoms with Gasteiger partial charge in [-0.3, -0.25) is 0 Å². The number of nitrogens with zero attached hydrogens (tertiary/aromatic N) is 1. The van der Waals surface area contributed by atoms with Crippen molar-refractivity contribution in [3.8, 4) is 5.75 Å². The van der Waals surface area contributed by atoms with Gasteiger partial charge in [-0.05, 0) is 54.3 Å². The van der Waals surface area contributed by atoms with Crippen LogP contribution in [0, 0.1) is 5.41 Å². The van der Waals surface area contributed by atoms with Gasteiger partial charge in [0.25, 0.3) is 0 Å². The number of unbranched alkanes of at least 4 members (excludes halogenated alkanes) is 2. The first kappa shape index (κ1) is 25.6. The lowest BCUT2D eigenvalue weighted by atomic mass is 9.68. The summed E-state index contributed by atoms with van der Waals surface area (Å²) in [5.41, 5.74) is 1.83. The van der Waals surface area contributed by atoms with Gasteiger partial charge in [0.1, 0.15) is 5.75 Å². The van der Waals surface area contributed by atoms with Crippen LogP contribution in [-0.2, 0) is 9.84 Å². The number of hydrogen-bond donors (Lipinski definition) is 1. The smallest absolute Gasteiger partial charge is 0.179 e. The van der Waals surface area contributed by atoms with Crippen LogP contribution in [0.3, 0.4) is 0 Å². The van der Waals surface area contributed by atoms with E-state index in [4.69, 9.17) is 4.74 Å². The molecule has 0 radical (unpaired) electrons. The van der Waals surface area contributed by atoms with Crippen molar-refractivity contribution < 1.29 is 18.3 Å². The molecular formula is C27H39NO4S. The van der Waals surface area contributed by atoms with Crippen molar-refractivity contribution in [3.63, 3.8) is 0 Å². The Morgan fingerprint density at radius 2 is 1.64 bits per heavy atom. The zero-order chi connectivity index (χ0) is 24.2. The molecule has 1 heterocycles. The van der Waals surface area contributed by atoms with Crippen LogP contribution in [0.4, 0.5) is 5.69 Å². The van der Waals surface area contributed by atoms with Gasteiger partial charge in [-0.1, -0.05) is 51.7 Å². The second-order valence-corrected chi connectivity index (χ2v) is 11.6. The zero-order valence-corrected chi connectivity index (χ0v) is 21.5. The number of aliphatic hydroxyl groups is 1. The van der Waals surface area contributed by atoms with E-state index in [0.717, 1.165) is 42.7 Å². The molecule has 2 atom stereocenters. The summed E-state index contributed by atoms with van der Waals surface area (Å²) in [6.07, 6.45) is 4.31. The van der Waals surface area contributed by atoms with Gasteiger partial charge in [-0.25, -0.2) is 8.42 Å². The molecule has 6 heteroatoms. The summed E-state index contributed by atoms with van der Waals surface area (Å²) in [7, 11) is 1.93. The average Bonchev–Trinajstić information content (AvgIpc) is 2.87. The van der Waals surface area contributed by atoms with Crippen LogP contribution in [-0.4, -0.2) is 46.6 Å². The number of aliphatic hydroxyl groups excluding tert-OH is 1. The normalized spacial score (nSPS) is 21.2. The second kappa shape index (κ2) is 10.5. The number of hydrogen-bond acceptors (Lipinski definition) is 5. The maximum absolute atomic E-state index is 13.8. The SMILES string of the molecule is CCCCC1(CCCC)CS(=O)(=O)c2ccc(N(C)C)cc2[C@H](c2ccc(OC)cc2)C1O. The van der Waals surface area contributed by atoms with E-state index < -0.39 is 27.3 Å². The Hall–Kier alpha value is -2.05. The molecule has 0 amide bonds. The third-order valence-corrected chi connectivity index (χ3v) is 9.13. The van der Waals surface area contributed by atoms with Crippen molar-refractivity contribution in [1.29, 1.82) is 0 Å². The van der Waals surface area contributed by atoms with Gasteiger partial charge in [0.15, 0.2) is 9.84 Å². The highest BCUT2D eigenvalue weighted by Crippen LogP contribution is 2.50. The van der Waals surface area contributed by atoms with Crippen LogP contribution in [0.25, 0.3) is 0 Å². The Bertz CT molecular complexity index is 1020. The lowest BCUT2D eigenvalue weighted by Crippen LogP contribution is -2.43. The van der Waals surface area contributed by atoms with Crippen LogP contribution in [0.15, 0.2) is 47.4 Å². The van der Waals surface area contributed by atoms with Gasteiger partial charge in [-0.2, -0.15) is 0 Å². The number of ether oxygens (including phenoxy) is 1. The molecule has 0 aromatic heterocycles. The topological polar surface area (TPSA) is 66.8 Å². The zero-order valence-electron chi connectivity index (χ0n) is 20.7.